The second kappa shape index (κ2) is 6.53. The number of aromatic nitrogens is 4. The van der Waals surface area contributed by atoms with Gasteiger partial charge < -0.3 is 10.4 Å². The van der Waals surface area contributed by atoms with E-state index in [-0.39, 0.29) is 19.0 Å². The molecule has 0 radical (unpaired) electrons. The molecule has 1 aromatic carbocycles. The summed E-state index contributed by atoms with van der Waals surface area (Å²) in [6.45, 7) is 2.38. The van der Waals surface area contributed by atoms with Crippen LogP contribution >= 0.6 is 0 Å². The third kappa shape index (κ3) is 3.35. The molecular formula is C16H17N5O2. The van der Waals surface area contributed by atoms with Crippen LogP contribution in [0.3, 0.4) is 0 Å². The molecule has 0 saturated heterocycles. The molecule has 7 heteroatoms. The van der Waals surface area contributed by atoms with Gasteiger partial charge >= 0.3 is 0 Å². The maximum absolute atomic E-state index is 12.4. The minimum atomic E-state index is -0.745. The molecule has 1 amide bonds. The van der Waals surface area contributed by atoms with Gasteiger partial charge in [0.25, 0.3) is 5.91 Å². The fraction of sp³-hybridized carbons (Fsp3) is 0.250. The van der Waals surface area contributed by atoms with E-state index in [1.165, 1.54) is 10.9 Å². The zero-order valence-electron chi connectivity index (χ0n) is 12.7. The maximum Gasteiger partial charge on any atom is 0.253 e. The van der Waals surface area contributed by atoms with Crippen LogP contribution in [0.25, 0.3) is 10.9 Å². The summed E-state index contributed by atoms with van der Waals surface area (Å²) >= 11 is 0. The molecular weight excluding hydrogens is 294 g/mol. The zero-order valence-corrected chi connectivity index (χ0v) is 12.7. The molecule has 3 aromatic rings. The number of benzene rings is 1. The van der Waals surface area contributed by atoms with Crippen LogP contribution in [0.4, 0.5) is 0 Å². The third-order valence-corrected chi connectivity index (χ3v) is 3.60. The highest BCUT2D eigenvalue weighted by Gasteiger charge is 2.14. The third-order valence-electron chi connectivity index (χ3n) is 3.60. The summed E-state index contributed by atoms with van der Waals surface area (Å²) in [4.78, 5) is 16.7. The fourth-order valence-corrected chi connectivity index (χ4v) is 2.41. The Morgan fingerprint density at radius 3 is 3.00 bits per heavy atom. The van der Waals surface area contributed by atoms with Gasteiger partial charge in [0.15, 0.2) is 0 Å². The van der Waals surface area contributed by atoms with Crippen LogP contribution in [0.15, 0.2) is 42.9 Å². The van der Waals surface area contributed by atoms with Gasteiger partial charge in [-0.15, -0.1) is 5.10 Å². The number of nitrogens with one attached hydrogen (secondary N) is 1. The van der Waals surface area contributed by atoms with Crippen molar-refractivity contribution in [2.45, 2.75) is 19.6 Å². The molecule has 0 spiro atoms. The fourth-order valence-electron chi connectivity index (χ4n) is 2.41. The Hall–Kier alpha value is -2.80. The molecule has 0 aliphatic carbocycles. The van der Waals surface area contributed by atoms with Crippen molar-refractivity contribution in [2.24, 2.45) is 0 Å². The van der Waals surface area contributed by atoms with Crippen LogP contribution in [0.2, 0.25) is 0 Å². The number of hydrogen-bond acceptors (Lipinski definition) is 5. The molecule has 0 bridgehead atoms. The molecule has 0 aliphatic heterocycles. The highest BCUT2D eigenvalue weighted by molar-refractivity contribution is 6.06. The summed E-state index contributed by atoms with van der Waals surface area (Å²) in [6.07, 6.45) is 4.11. The van der Waals surface area contributed by atoms with E-state index in [1.54, 1.807) is 18.5 Å². The number of carbonyl (C=O) groups is 1. The van der Waals surface area contributed by atoms with E-state index in [0.717, 1.165) is 10.9 Å². The van der Waals surface area contributed by atoms with Gasteiger partial charge in [-0.25, -0.2) is 4.68 Å². The van der Waals surface area contributed by atoms with Crippen molar-refractivity contribution in [2.75, 3.05) is 6.54 Å². The first kappa shape index (κ1) is 15.1. The number of nitrogens with zero attached hydrogens (tertiary/aromatic N) is 4. The van der Waals surface area contributed by atoms with Crippen molar-refractivity contribution < 1.29 is 9.90 Å². The van der Waals surface area contributed by atoms with Crippen molar-refractivity contribution >= 4 is 16.8 Å². The van der Waals surface area contributed by atoms with Gasteiger partial charge in [-0.1, -0.05) is 17.3 Å². The lowest BCUT2D eigenvalue weighted by Gasteiger charge is -2.13. The van der Waals surface area contributed by atoms with E-state index in [1.807, 2.05) is 25.1 Å². The van der Waals surface area contributed by atoms with Gasteiger partial charge in [0, 0.05) is 24.3 Å². The molecule has 7 nitrogen and oxygen atoms in total. The summed E-state index contributed by atoms with van der Waals surface area (Å²) in [5.74, 6) is -0.258. The summed E-state index contributed by atoms with van der Waals surface area (Å²) in [6, 6.07) is 7.43. The Morgan fingerprint density at radius 1 is 1.35 bits per heavy atom. The highest BCUT2D eigenvalue weighted by Crippen LogP contribution is 2.20. The highest BCUT2D eigenvalue weighted by atomic mass is 16.3. The van der Waals surface area contributed by atoms with Crippen LogP contribution in [0.5, 0.6) is 0 Å². The number of fused-ring (bicyclic) bond motifs is 1. The minimum absolute atomic E-state index is 0.126. The summed E-state index contributed by atoms with van der Waals surface area (Å²) in [5, 5.41) is 21.1. The Labute approximate surface area is 133 Å². The number of rotatable bonds is 5. The van der Waals surface area contributed by atoms with Gasteiger partial charge in [-0.05, 0) is 24.6 Å². The first-order chi connectivity index (χ1) is 11.1. The van der Waals surface area contributed by atoms with E-state index in [9.17, 15) is 9.90 Å². The van der Waals surface area contributed by atoms with Crippen LogP contribution < -0.4 is 5.32 Å². The van der Waals surface area contributed by atoms with Crippen molar-refractivity contribution in [3.05, 3.63) is 54.0 Å². The number of aryl methyl sites for hydroxylation is 1. The average molecular weight is 311 g/mol. The SMILES string of the molecule is Cc1ccc(C(=O)NCC(O)Cn2ccnn2)c2ncccc12. The number of pyridine rings is 1. The Bertz CT molecular complexity index is 816. The molecule has 0 fully saturated rings. The Balaban J connectivity index is 1.70. The van der Waals surface area contributed by atoms with Crippen LogP contribution in [0, 0.1) is 6.92 Å². The van der Waals surface area contributed by atoms with Crippen LogP contribution in [0.1, 0.15) is 15.9 Å². The number of aliphatic hydroxyl groups excluding tert-OH is 1. The number of aliphatic hydroxyl groups is 1. The molecule has 2 N–H and O–H groups in total. The topological polar surface area (TPSA) is 92.9 Å². The van der Waals surface area contributed by atoms with E-state index in [2.05, 4.69) is 20.6 Å². The largest absolute Gasteiger partial charge is 0.389 e. The standard InChI is InChI=1S/C16H17N5O2/c1-11-4-5-14(15-13(11)3-2-6-17-15)16(23)18-9-12(22)10-21-8-7-19-20-21/h2-8,12,22H,9-10H2,1H3,(H,18,23). The van der Waals surface area contributed by atoms with Gasteiger partial charge in [0.1, 0.15) is 0 Å². The number of carbonyl (C=O) groups excluding carboxylic acids is 1. The predicted octanol–water partition coefficient (Wildman–Crippen LogP) is 0.926. The first-order valence-electron chi connectivity index (χ1n) is 7.30. The maximum atomic E-state index is 12.4. The molecule has 118 valence electrons. The lowest BCUT2D eigenvalue weighted by molar-refractivity contribution is 0.0901. The van der Waals surface area contributed by atoms with Crippen molar-refractivity contribution in [1.29, 1.82) is 0 Å². The second-order valence-electron chi connectivity index (χ2n) is 5.32. The van der Waals surface area contributed by atoms with Gasteiger partial charge in [0.05, 0.1) is 29.9 Å². The molecule has 0 saturated carbocycles. The lowest BCUT2D eigenvalue weighted by Crippen LogP contribution is -2.34. The van der Waals surface area contributed by atoms with E-state index in [4.69, 9.17) is 0 Å². The molecule has 3 rings (SSSR count). The quantitative estimate of drug-likeness (QED) is 0.731. The molecule has 2 aromatic heterocycles. The average Bonchev–Trinajstić information content (AvgIpc) is 3.06. The summed E-state index contributed by atoms with van der Waals surface area (Å²) in [7, 11) is 0. The monoisotopic (exact) mass is 311 g/mol. The Kier molecular flexibility index (Phi) is 4.29. The minimum Gasteiger partial charge on any atom is -0.389 e. The number of hydrogen-bond donors (Lipinski definition) is 2. The molecule has 1 unspecified atom stereocenters. The normalized spacial score (nSPS) is 12.3. The summed E-state index contributed by atoms with van der Waals surface area (Å²) in [5.41, 5.74) is 2.23. The molecule has 1 atom stereocenters. The molecule has 23 heavy (non-hydrogen) atoms. The van der Waals surface area contributed by atoms with Crippen molar-refractivity contribution in [1.82, 2.24) is 25.3 Å². The van der Waals surface area contributed by atoms with Crippen molar-refractivity contribution in [3.8, 4) is 0 Å². The second-order valence-corrected chi connectivity index (χ2v) is 5.32. The predicted molar refractivity (Wildman–Crippen MR) is 84.8 cm³/mol. The van der Waals surface area contributed by atoms with Gasteiger partial charge in [-0.3, -0.25) is 9.78 Å². The Morgan fingerprint density at radius 2 is 2.22 bits per heavy atom. The van der Waals surface area contributed by atoms with Gasteiger partial charge in [-0.2, -0.15) is 0 Å². The van der Waals surface area contributed by atoms with Gasteiger partial charge in [0.2, 0.25) is 0 Å². The smallest absolute Gasteiger partial charge is 0.253 e. The molecule has 0 aliphatic rings. The first-order valence-corrected chi connectivity index (χ1v) is 7.30. The molecule has 2 heterocycles. The summed E-state index contributed by atoms with van der Waals surface area (Å²) < 4.78 is 1.51. The van der Waals surface area contributed by atoms with Crippen LogP contribution in [-0.4, -0.2) is 43.6 Å². The zero-order chi connectivity index (χ0) is 16.2. The van der Waals surface area contributed by atoms with E-state index in [0.29, 0.717) is 11.1 Å². The van der Waals surface area contributed by atoms with E-state index >= 15 is 0 Å². The van der Waals surface area contributed by atoms with E-state index < -0.39 is 6.10 Å². The lowest BCUT2D eigenvalue weighted by atomic mass is 10.0. The van der Waals surface area contributed by atoms with Crippen LogP contribution in [-0.2, 0) is 6.54 Å². The number of amides is 1. The van der Waals surface area contributed by atoms with Crippen molar-refractivity contribution in [3.63, 3.8) is 0 Å².